The predicted molar refractivity (Wildman–Crippen MR) is 201 cm³/mol. The summed E-state index contributed by atoms with van der Waals surface area (Å²) in [6.45, 7) is 20.0. The van der Waals surface area contributed by atoms with E-state index in [0.717, 1.165) is 44.1 Å². The number of fused-ring (bicyclic) bond motifs is 5. The molecule has 4 heteroatoms. The van der Waals surface area contributed by atoms with Crippen LogP contribution in [0.5, 0.6) is 0 Å². The van der Waals surface area contributed by atoms with Crippen LogP contribution >= 0.6 is 0 Å². The van der Waals surface area contributed by atoms with E-state index in [1.54, 1.807) is 12.1 Å². The molecule has 8 atom stereocenters. The summed E-state index contributed by atoms with van der Waals surface area (Å²) in [5.41, 5.74) is 5.35. The summed E-state index contributed by atoms with van der Waals surface area (Å²) in [7, 11) is 2.04. The molecule has 0 aromatic heterocycles. The molecular weight excluding hydrogens is 602 g/mol. The molecule has 1 amide bonds. The zero-order valence-corrected chi connectivity index (χ0v) is 31.4. The number of carboxylic acid groups (broad SMARTS) is 1. The lowest BCUT2D eigenvalue weighted by Crippen LogP contribution is -2.61. The number of carbonyl (C=O) groups excluding carboxylic acids is 1. The standard InChI is InChI=1S/C45H61NO3/c1-30(2)36-24-26-45(41(49)46(8)29-32-13-10-9-11-14-32)28-27-44(7)38(39(36)45)22-21-35-15-12-16-37(33-17-19-34(20-18-33)40(47)48)42(4,5)31(3)23-25-43(35,44)6/h9-11,13-14,16-20,31,35-36,38-39H,1,12,15,21-29H2,2-8H3,(H,47,48)/b37-16-/t31-,35-,36-,38+,39+,43+,44+,45-/m0/s1. The fraction of sp³-hybridized carbons (Fsp3) is 0.600. The lowest BCUT2D eigenvalue weighted by atomic mass is 9.38. The van der Waals surface area contributed by atoms with E-state index in [1.807, 2.05) is 30.1 Å². The van der Waals surface area contributed by atoms with Gasteiger partial charge >= 0.3 is 5.97 Å². The fourth-order valence-electron chi connectivity index (χ4n) is 11.8. The van der Waals surface area contributed by atoms with Crippen LogP contribution in [0.25, 0.3) is 5.57 Å². The minimum absolute atomic E-state index is 0.0448. The van der Waals surface area contributed by atoms with Gasteiger partial charge in [0.15, 0.2) is 0 Å². The molecule has 3 fully saturated rings. The van der Waals surface area contributed by atoms with Crippen molar-refractivity contribution in [2.24, 2.45) is 51.2 Å². The molecule has 264 valence electrons. The summed E-state index contributed by atoms with van der Waals surface area (Å²) in [5, 5.41) is 9.49. The van der Waals surface area contributed by atoms with Crippen molar-refractivity contribution in [3.8, 4) is 0 Å². The molecule has 0 radical (unpaired) electrons. The molecule has 0 saturated heterocycles. The maximum atomic E-state index is 14.8. The van der Waals surface area contributed by atoms with Crippen molar-refractivity contribution in [3.05, 3.63) is 89.5 Å². The Balaban J connectivity index is 1.32. The highest BCUT2D eigenvalue weighted by Gasteiger charge is 2.68. The monoisotopic (exact) mass is 663 g/mol. The first kappa shape index (κ1) is 35.7. The average Bonchev–Trinajstić information content (AvgIpc) is 3.48. The normalized spacial score (nSPS) is 36.6. The van der Waals surface area contributed by atoms with Gasteiger partial charge in [-0.3, -0.25) is 4.79 Å². The third-order valence-electron chi connectivity index (χ3n) is 15.3. The van der Waals surface area contributed by atoms with Crippen molar-refractivity contribution < 1.29 is 14.7 Å². The molecule has 0 heterocycles. The van der Waals surface area contributed by atoms with Crippen molar-refractivity contribution in [1.82, 2.24) is 4.90 Å². The number of nitrogens with zero attached hydrogens (tertiary/aromatic N) is 1. The van der Waals surface area contributed by atoms with Crippen LogP contribution in [0.2, 0.25) is 0 Å². The number of rotatable bonds is 6. The molecule has 4 aliphatic rings. The van der Waals surface area contributed by atoms with Crippen molar-refractivity contribution in [1.29, 1.82) is 0 Å². The quantitative estimate of drug-likeness (QED) is 0.313. The molecule has 0 unspecified atom stereocenters. The predicted octanol–water partition coefficient (Wildman–Crippen LogP) is 11.1. The molecule has 49 heavy (non-hydrogen) atoms. The van der Waals surface area contributed by atoms with Crippen LogP contribution in [0.15, 0.2) is 72.8 Å². The van der Waals surface area contributed by atoms with Gasteiger partial charge in [-0.15, -0.1) is 0 Å². The summed E-state index contributed by atoms with van der Waals surface area (Å²) >= 11 is 0. The number of benzene rings is 2. The Kier molecular flexibility index (Phi) is 9.61. The molecule has 3 saturated carbocycles. The van der Waals surface area contributed by atoms with E-state index < -0.39 is 5.97 Å². The summed E-state index contributed by atoms with van der Waals surface area (Å²) in [6.07, 6.45) is 13.7. The Hall–Kier alpha value is -3.14. The topological polar surface area (TPSA) is 57.6 Å². The molecule has 6 rings (SSSR count). The third-order valence-corrected chi connectivity index (χ3v) is 15.3. The van der Waals surface area contributed by atoms with Gasteiger partial charge in [0.1, 0.15) is 0 Å². The Labute approximate surface area is 296 Å². The highest BCUT2D eigenvalue weighted by atomic mass is 16.4. The Morgan fingerprint density at radius 3 is 2.20 bits per heavy atom. The first-order chi connectivity index (χ1) is 23.2. The van der Waals surface area contributed by atoms with Gasteiger partial charge in [-0.05, 0) is 146 Å². The van der Waals surface area contributed by atoms with Gasteiger partial charge in [0, 0.05) is 13.6 Å². The van der Waals surface area contributed by atoms with Gasteiger partial charge in [0.2, 0.25) is 5.91 Å². The van der Waals surface area contributed by atoms with Crippen LogP contribution < -0.4 is 0 Å². The van der Waals surface area contributed by atoms with Crippen LogP contribution in [0.1, 0.15) is 127 Å². The van der Waals surface area contributed by atoms with Crippen LogP contribution in [0, 0.1) is 51.2 Å². The Morgan fingerprint density at radius 1 is 0.857 bits per heavy atom. The zero-order valence-electron chi connectivity index (χ0n) is 31.4. The summed E-state index contributed by atoms with van der Waals surface area (Å²) in [5.74, 6) is 1.88. The van der Waals surface area contributed by atoms with Crippen LogP contribution in [0.3, 0.4) is 0 Å². The van der Waals surface area contributed by atoms with Gasteiger partial charge in [0.05, 0.1) is 11.0 Å². The maximum Gasteiger partial charge on any atom is 0.335 e. The largest absolute Gasteiger partial charge is 0.478 e. The number of hydrogen-bond donors (Lipinski definition) is 1. The van der Waals surface area contributed by atoms with Gasteiger partial charge in [-0.25, -0.2) is 4.79 Å². The summed E-state index contributed by atoms with van der Waals surface area (Å²) < 4.78 is 0. The number of allylic oxidation sites excluding steroid dienone is 3. The van der Waals surface area contributed by atoms with Gasteiger partial charge in [-0.2, -0.15) is 0 Å². The van der Waals surface area contributed by atoms with E-state index in [-0.39, 0.29) is 21.7 Å². The molecule has 2 aromatic carbocycles. The number of carbonyl (C=O) groups is 2. The smallest absolute Gasteiger partial charge is 0.335 e. The Bertz CT molecular complexity index is 1590. The van der Waals surface area contributed by atoms with Crippen LogP contribution in [-0.2, 0) is 11.3 Å². The fourth-order valence-corrected chi connectivity index (χ4v) is 11.8. The van der Waals surface area contributed by atoms with Crippen molar-refractivity contribution in [2.75, 3.05) is 7.05 Å². The second-order valence-electron chi connectivity index (χ2n) is 17.8. The molecular formula is C45H61NO3. The molecule has 0 bridgehead atoms. The average molecular weight is 664 g/mol. The van der Waals surface area contributed by atoms with Crippen molar-refractivity contribution in [3.63, 3.8) is 0 Å². The second-order valence-corrected chi connectivity index (χ2v) is 17.8. The van der Waals surface area contributed by atoms with Gasteiger partial charge in [-0.1, -0.05) is 95.3 Å². The lowest BCUT2D eigenvalue weighted by molar-refractivity contribution is -0.184. The van der Waals surface area contributed by atoms with Gasteiger partial charge < -0.3 is 10.0 Å². The third kappa shape index (κ3) is 5.93. The number of aromatic carboxylic acids is 1. The van der Waals surface area contributed by atoms with Crippen molar-refractivity contribution in [2.45, 2.75) is 112 Å². The van der Waals surface area contributed by atoms with E-state index in [2.05, 4.69) is 78.5 Å². The highest BCUT2D eigenvalue weighted by molar-refractivity contribution is 5.88. The lowest BCUT2D eigenvalue weighted by Gasteiger charge is -2.66. The van der Waals surface area contributed by atoms with Crippen LogP contribution in [-0.4, -0.2) is 28.9 Å². The highest BCUT2D eigenvalue weighted by Crippen LogP contribution is 2.73. The molecule has 4 nitrogen and oxygen atoms in total. The van der Waals surface area contributed by atoms with E-state index in [1.165, 1.54) is 42.4 Å². The first-order valence-corrected chi connectivity index (χ1v) is 19.1. The molecule has 0 aliphatic heterocycles. The van der Waals surface area contributed by atoms with E-state index in [4.69, 9.17) is 0 Å². The minimum Gasteiger partial charge on any atom is -0.478 e. The van der Waals surface area contributed by atoms with Gasteiger partial charge in [0.25, 0.3) is 0 Å². The summed E-state index contributed by atoms with van der Waals surface area (Å²) in [4.78, 5) is 28.4. The Morgan fingerprint density at radius 2 is 1.55 bits per heavy atom. The first-order valence-electron chi connectivity index (χ1n) is 19.1. The molecule has 1 N–H and O–H groups in total. The molecule has 2 aromatic rings. The number of carboxylic acids is 1. The van der Waals surface area contributed by atoms with E-state index in [0.29, 0.717) is 47.6 Å². The number of hydrogen-bond acceptors (Lipinski definition) is 2. The van der Waals surface area contributed by atoms with E-state index in [9.17, 15) is 14.7 Å². The molecule has 4 aliphatic carbocycles. The van der Waals surface area contributed by atoms with Crippen LogP contribution in [0.4, 0.5) is 0 Å². The maximum absolute atomic E-state index is 14.8. The summed E-state index contributed by atoms with van der Waals surface area (Å²) in [6, 6.07) is 18.0. The second kappa shape index (κ2) is 13.2. The zero-order chi connectivity index (χ0) is 35.4. The van der Waals surface area contributed by atoms with E-state index >= 15 is 0 Å². The molecule has 0 spiro atoms. The minimum atomic E-state index is -0.877. The van der Waals surface area contributed by atoms with Crippen molar-refractivity contribution >= 4 is 17.4 Å². The SMILES string of the molecule is C=C(C)[C@@H]1CC[C@]2(C(=O)N(C)Cc3ccccc3)CC[C@]3(C)[C@H](CC[C@@H]4CC/C=C(/c5ccc(C(=O)O)cc5)C(C)(C)[C@@H](C)CC[C@]43C)[C@@H]12. The number of amides is 1.